The number of amides is 1. The van der Waals surface area contributed by atoms with Crippen molar-refractivity contribution in [3.8, 4) is 11.8 Å². The van der Waals surface area contributed by atoms with Crippen LogP contribution in [0.2, 0.25) is 0 Å². The van der Waals surface area contributed by atoms with Crippen molar-refractivity contribution in [2.24, 2.45) is 40.4 Å². The number of ketones is 2. The molecule has 11 heteroatoms. The Hall–Kier alpha value is -3.72. The first-order chi connectivity index (χ1) is 19.9. The lowest BCUT2D eigenvalue weighted by Gasteiger charge is -2.58. The number of primary amides is 1. The summed E-state index contributed by atoms with van der Waals surface area (Å²) in [5.41, 5.74) is 13.0. The van der Waals surface area contributed by atoms with E-state index in [0.29, 0.717) is 29.7 Å². The van der Waals surface area contributed by atoms with E-state index >= 15 is 0 Å². The highest BCUT2D eigenvalue weighted by atomic mass is 16.3. The van der Waals surface area contributed by atoms with E-state index in [1.165, 1.54) is 25.1 Å². The molecule has 4 rings (SSSR count). The predicted molar refractivity (Wildman–Crippen MR) is 160 cm³/mol. The number of aromatic hydroxyl groups is 1. The number of nitrogens with zero attached hydrogens (tertiary/aromatic N) is 2. The molecule has 0 bridgehead atoms. The molecule has 0 spiro atoms. The van der Waals surface area contributed by atoms with E-state index in [1.54, 1.807) is 12.1 Å². The van der Waals surface area contributed by atoms with E-state index in [0.717, 1.165) is 18.4 Å². The van der Waals surface area contributed by atoms with E-state index in [2.05, 4.69) is 27.7 Å². The van der Waals surface area contributed by atoms with Gasteiger partial charge in [0.1, 0.15) is 22.8 Å². The number of carbonyl (C=O) groups is 3. The van der Waals surface area contributed by atoms with Gasteiger partial charge in [0.15, 0.2) is 17.0 Å². The van der Waals surface area contributed by atoms with E-state index in [4.69, 9.17) is 17.2 Å². The summed E-state index contributed by atoms with van der Waals surface area (Å²) in [6.07, 6.45) is 2.15. The normalized spacial score (nSPS) is 28.9. The highest BCUT2D eigenvalue weighted by molar-refractivity contribution is 6.25. The fraction of sp³-hybridized carbons (Fsp3) is 0.562. The lowest BCUT2D eigenvalue weighted by Crippen LogP contribution is -2.80. The molecule has 0 saturated heterocycles. The van der Waals surface area contributed by atoms with Gasteiger partial charge in [-0.1, -0.05) is 33.8 Å². The molecule has 3 aliphatic rings. The number of phenolic OH excluding ortho intramolecular Hbond substituents is 1. The van der Waals surface area contributed by atoms with Crippen LogP contribution in [0.25, 0.3) is 5.76 Å². The van der Waals surface area contributed by atoms with E-state index < -0.39 is 62.7 Å². The summed E-state index contributed by atoms with van der Waals surface area (Å²) in [6, 6.07) is 3.62. The zero-order valence-corrected chi connectivity index (χ0v) is 25.7. The van der Waals surface area contributed by atoms with Gasteiger partial charge in [-0.05, 0) is 81.1 Å². The Morgan fingerprint density at radius 1 is 1.09 bits per heavy atom. The first-order valence-corrected chi connectivity index (χ1v) is 14.6. The number of aliphatic hydroxyl groups is 2. The van der Waals surface area contributed by atoms with Crippen LogP contribution < -0.4 is 17.2 Å². The molecule has 0 radical (unpaired) electrons. The van der Waals surface area contributed by atoms with Crippen molar-refractivity contribution in [2.45, 2.75) is 76.9 Å². The van der Waals surface area contributed by atoms with Crippen molar-refractivity contribution in [1.82, 2.24) is 4.90 Å². The Balaban J connectivity index is 2.00. The van der Waals surface area contributed by atoms with Gasteiger partial charge in [0.2, 0.25) is 0 Å². The van der Waals surface area contributed by atoms with Crippen LogP contribution in [0, 0.1) is 34.5 Å². The molecule has 4 atom stereocenters. The van der Waals surface area contributed by atoms with Crippen molar-refractivity contribution in [2.75, 3.05) is 14.1 Å². The number of aliphatic hydroxyl groups excluding tert-OH is 2. The number of rotatable bonds is 8. The molecule has 232 valence electrons. The molecule has 1 saturated carbocycles. The second kappa shape index (κ2) is 10.8. The number of benzene rings is 1. The lowest BCUT2D eigenvalue weighted by molar-refractivity contribution is -0.139. The van der Waals surface area contributed by atoms with Gasteiger partial charge in [0.05, 0.1) is 34.3 Å². The van der Waals surface area contributed by atoms with Gasteiger partial charge in [-0.25, -0.2) is 0 Å². The van der Waals surface area contributed by atoms with Gasteiger partial charge in [-0.15, -0.1) is 0 Å². The summed E-state index contributed by atoms with van der Waals surface area (Å²) >= 11 is 0. The maximum atomic E-state index is 14.5. The molecule has 43 heavy (non-hydrogen) atoms. The lowest BCUT2D eigenvalue weighted by atomic mass is 9.47. The summed E-state index contributed by atoms with van der Waals surface area (Å²) in [5, 5.41) is 44.5. The summed E-state index contributed by atoms with van der Waals surface area (Å²) in [5.74, 6) is -4.27. The van der Waals surface area contributed by atoms with Gasteiger partial charge in [-0.2, -0.15) is 5.26 Å². The molecular weight excluding hydrogens is 550 g/mol. The minimum atomic E-state index is -2.67. The Kier molecular flexibility index (Phi) is 8.07. The number of carbonyl (C=O) groups excluding carboxylic acids is 3. The van der Waals surface area contributed by atoms with Crippen LogP contribution in [0.1, 0.15) is 63.6 Å². The minimum absolute atomic E-state index is 0.0296. The topological polar surface area (TPSA) is 217 Å². The average Bonchev–Trinajstić information content (AvgIpc) is 2.83. The maximum Gasteiger partial charge on any atom is 0.255 e. The number of phenols is 1. The summed E-state index contributed by atoms with van der Waals surface area (Å²) in [4.78, 5) is 41.8. The molecular formula is C32H43N5O6. The van der Waals surface area contributed by atoms with Crippen molar-refractivity contribution in [3.05, 3.63) is 45.7 Å². The SMILES string of the molecule is CC(C)CC(Cc1ccc(O)c2c1C[C@@]1(N)C[C@@]3(N)[C@H](N(C)C)C(=O)C(C(N)=O)=C(O)[C@@]3(C#N)C(=O)C1=C2O)CC(C)C. The Labute approximate surface area is 252 Å². The van der Waals surface area contributed by atoms with Gasteiger partial charge >= 0.3 is 0 Å². The van der Waals surface area contributed by atoms with E-state index in [-0.39, 0.29) is 24.2 Å². The summed E-state index contributed by atoms with van der Waals surface area (Å²) in [7, 11) is 2.99. The summed E-state index contributed by atoms with van der Waals surface area (Å²) in [6.45, 7) is 8.63. The third-order valence-corrected chi connectivity index (χ3v) is 9.35. The number of likely N-dealkylation sites (N-methyl/N-ethyl adjacent to an activating group) is 1. The molecule has 0 aromatic heterocycles. The molecule has 11 nitrogen and oxygen atoms in total. The van der Waals surface area contributed by atoms with Crippen LogP contribution in [-0.4, -0.2) is 68.9 Å². The fourth-order valence-corrected chi connectivity index (χ4v) is 7.99. The molecule has 1 aromatic carbocycles. The first-order valence-electron chi connectivity index (χ1n) is 14.6. The van der Waals surface area contributed by atoms with Crippen molar-refractivity contribution in [1.29, 1.82) is 5.26 Å². The van der Waals surface area contributed by atoms with Crippen molar-refractivity contribution >= 4 is 23.2 Å². The zero-order valence-electron chi connectivity index (χ0n) is 25.7. The zero-order chi connectivity index (χ0) is 32.4. The van der Waals surface area contributed by atoms with Gasteiger partial charge in [0, 0.05) is 0 Å². The molecule has 9 N–H and O–H groups in total. The Bertz CT molecular complexity index is 1490. The first kappa shape index (κ1) is 32.2. The highest BCUT2D eigenvalue weighted by Gasteiger charge is 2.74. The van der Waals surface area contributed by atoms with Crippen LogP contribution >= 0.6 is 0 Å². The second-order valence-corrected chi connectivity index (χ2v) is 13.7. The van der Waals surface area contributed by atoms with Crippen LogP contribution in [0.5, 0.6) is 5.75 Å². The van der Waals surface area contributed by atoms with Crippen molar-refractivity contribution < 1.29 is 29.7 Å². The molecule has 0 aliphatic heterocycles. The monoisotopic (exact) mass is 593 g/mol. The Morgan fingerprint density at radius 2 is 1.67 bits per heavy atom. The third-order valence-electron chi connectivity index (χ3n) is 9.35. The molecule has 0 heterocycles. The smallest absolute Gasteiger partial charge is 0.255 e. The molecule has 1 aromatic rings. The molecule has 1 amide bonds. The predicted octanol–water partition coefficient (Wildman–Crippen LogP) is 2.16. The summed E-state index contributed by atoms with van der Waals surface area (Å²) < 4.78 is 0. The molecule has 1 fully saturated rings. The molecule has 3 aliphatic carbocycles. The number of hydrogen-bond donors (Lipinski definition) is 6. The fourth-order valence-electron chi connectivity index (χ4n) is 7.99. The number of Topliss-reactive ketones (excluding diaryl/α,β-unsaturated/α-hetero) is 2. The standard InChI is InChI=1S/C32H43N5O6/c1-15(2)9-17(10-16(3)4)11-18-7-8-20(38)21-19(18)12-30(35)13-32(36)26(37(5)6)25(40)22(29(34)43)27(41)31(32,14-33)28(42)23(30)24(21)39/h7-8,15-17,26,38-39,41H,9-13,35-36H2,1-6H3,(H2,34,43)/t26-,30-,31+,32-/m1/s1. The highest BCUT2D eigenvalue weighted by Crippen LogP contribution is 2.58. The van der Waals surface area contributed by atoms with Gasteiger partial charge in [0.25, 0.3) is 5.91 Å². The Morgan fingerprint density at radius 3 is 2.16 bits per heavy atom. The van der Waals surface area contributed by atoms with Crippen LogP contribution in [0.4, 0.5) is 0 Å². The average molecular weight is 594 g/mol. The van der Waals surface area contributed by atoms with E-state index in [9.17, 15) is 35.0 Å². The number of nitriles is 1. The number of fused-ring (bicyclic) bond motifs is 3. The van der Waals surface area contributed by atoms with Crippen molar-refractivity contribution in [3.63, 3.8) is 0 Å². The van der Waals surface area contributed by atoms with Crippen LogP contribution in [0.15, 0.2) is 29.0 Å². The van der Waals surface area contributed by atoms with Gasteiger partial charge in [-0.3, -0.25) is 19.3 Å². The molecule has 0 unspecified atom stereocenters. The van der Waals surface area contributed by atoms with Crippen LogP contribution in [0.3, 0.4) is 0 Å². The minimum Gasteiger partial charge on any atom is -0.509 e. The van der Waals surface area contributed by atoms with E-state index in [1.807, 2.05) is 0 Å². The third kappa shape index (κ3) is 4.63. The number of nitrogens with two attached hydrogens (primary N) is 3. The van der Waals surface area contributed by atoms with Gasteiger partial charge < -0.3 is 32.5 Å². The quantitative estimate of drug-likeness (QED) is 0.241. The number of hydrogen-bond acceptors (Lipinski definition) is 10. The van der Waals surface area contributed by atoms with Crippen LogP contribution in [-0.2, 0) is 27.2 Å². The largest absolute Gasteiger partial charge is 0.509 e. The maximum absolute atomic E-state index is 14.5. The second-order valence-electron chi connectivity index (χ2n) is 13.7.